The molecule has 11 heteroatoms. The van der Waals surface area contributed by atoms with Gasteiger partial charge in [-0.1, -0.05) is 0 Å². The fraction of sp³-hybridized carbons (Fsp3) is 0.278. The third-order valence-electron chi connectivity index (χ3n) is 4.49. The molecule has 8 nitrogen and oxygen atoms in total. The van der Waals surface area contributed by atoms with Crippen molar-refractivity contribution in [1.82, 2.24) is 9.29 Å². The first-order valence-corrected chi connectivity index (χ1v) is 12.6. The lowest BCUT2D eigenvalue weighted by Crippen LogP contribution is -2.40. The van der Waals surface area contributed by atoms with Crippen molar-refractivity contribution < 1.29 is 21.6 Å². The van der Waals surface area contributed by atoms with Gasteiger partial charge in [0.05, 0.1) is 43.9 Å². The predicted molar refractivity (Wildman–Crippen MR) is 111 cm³/mol. The first-order valence-electron chi connectivity index (χ1n) is 8.84. The molecule has 3 aromatic rings. The van der Waals surface area contributed by atoms with E-state index in [1.165, 1.54) is 39.9 Å². The zero-order chi connectivity index (χ0) is 20.6. The van der Waals surface area contributed by atoms with Gasteiger partial charge in [0.2, 0.25) is 10.0 Å². The minimum absolute atomic E-state index is 0.0148. The van der Waals surface area contributed by atoms with E-state index in [1.54, 1.807) is 18.2 Å². The Morgan fingerprint density at radius 1 is 1.00 bits per heavy atom. The number of hydrogen-bond donors (Lipinski definition) is 1. The summed E-state index contributed by atoms with van der Waals surface area (Å²) in [6, 6.07) is 10.4. The summed E-state index contributed by atoms with van der Waals surface area (Å²) in [5, 5.41) is 0.900. The Kier molecular flexibility index (Phi) is 5.34. The van der Waals surface area contributed by atoms with Crippen LogP contribution in [0.3, 0.4) is 0 Å². The highest BCUT2D eigenvalue weighted by Crippen LogP contribution is 2.26. The molecule has 0 aliphatic carbocycles. The minimum atomic E-state index is -3.86. The Morgan fingerprint density at radius 3 is 2.34 bits per heavy atom. The number of aryl methyl sites for hydroxylation is 1. The molecule has 4 rings (SSSR count). The maximum absolute atomic E-state index is 12.7. The normalized spacial score (nSPS) is 16.2. The van der Waals surface area contributed by atoms with E-state index >= 15 is 0 Å². The smallest absolute Gasteiger partial charge is 0.261 e. The van der Waals surface area contributed by atoms with Crippen LogP contribution in [-0.2, 0) is 24.8 Å². The molecule has 2 aromatic carbocycles. The molecule has 0 radical (unpaired) electrons. The maximum atomic E-state index is 12.7. The van der Waals surface area contributed by atoms with E-state index in [0.29, 0.717) is 18.9 Å². The van der Waals surface area contributed by atoms with Crippen molar-refractivity contribution in [3.05, 3.63) is 47.5 Å². The van der Waals surface area contributed by atoms with Crippen molar-refractivity contribution >= 4 is 47.3 Å². The number of nitrogens with one attached hydrogen (secondary N) is 1. The quantitative estimate of drug-likeness (QED) is 0.636. The van der Waals surface area contributed by atoms with Gasteiger partial charge in [-0.05, 0) is 49.4 Å². The average molecular weight is 454 g/mol. The summed E-state index contributed by atoms with van der Waals surface area (Å²) >= 11 is 1.48. The molecule has 0 atom stereocenters. The summed E-state index contributed by atoms with van der Waals surface area (Å²) in [6.07, 6.45) is 0. The van der Waals surface area contributed by atoms with Crippen LogP contribution in [0.15, 0.2) is 52.3 Å². The van der Waals surface area contributed by atoms with Crippen LogP contribution in [0.2, 0.25) is 0 Å². The average Bonchev–Trinajstić information content (AvgIpc) is 3.08. The largest absolute Gasteiger partial charge is 0.379 e. The topological polar surface area (TPSA) is 106 Å². The van der Waals surface area contributed by atoms with Gasteiger partial charge in [-0.15, -0.1) is 11.3 Å². The molecule has 1 aliphatic heterocycles. The summed E-state index contributed by atoms with van der Waals surface area (Å²) < 4.78 is 60.7. The summed E-state index contributed by atoms with van der Waals surface area (Å²) in [4.78, 5) is 4.39. The van der Waals surface area contributed by atoms with Gasteiger partial charge in [0, 0.05) is 13.1 Å². The van der Waals surface area contributed by atoms with Crippen LogP contribution >= 0.6 is 11.3 Å². The molecule has 0 spiro atoms. The third kappa shape index (κ3) is 4.14. The maximum Gasteiger partial charge on any atom is 0.261 e. The van der Waals surface area contributed by atoms with Crippen LogP contribution in [-0.4, -0.2) is 52.4 Å². The molecule has 154 valence electrons. The van der Waals surface area contributed by atoms with Gasteiger partial charge in [0.15, 0.2) is 0 Å². The Bertz CT molecular complexity index is 1250. The number of hydrogen-bond acceptors (Lipinski definition) is 7. The molecule has 2 heterocycles. The number of anilines is 1. The van der Waals surface area contributed by atoms with E-state index in [1.807, 2.05) is 6.92 Å². The Hall–Kier alpha value is -2.05. The van der Waals surface area contributed by atoms with Gasteiger partial charge < -0.3 is 4.74 Å². The summed E-state index contributed by atoms with van der Waals surface area (Å²) in [5.41, 5.74) is 1.24. The number of sulfonamides is 2. The number of fused-ring (bicyclic) bond motifs is 1. The number of rotatable bonds is 5. The number of benzene rings is 2. The van der Waals surface area contributed by atoms with Crippen LogP contribution in [0, 0.1) is 6.92 Å². The van der Waals surface area contributed by atoms with E-state index in [2.05, 4.69) is 9.71 Å². The van der Waals surface area contributed by atoms with Gasteiger partial charge in [-0.25, -0.2) is 21.8 Å². The second-order valence-electron chi connectivity index (χ2n) is 6.51. The molecule has 1 saturated heterocycles. The SMILES string of the molecule is Cc1nc2ccc(NS(=O)(=O)c3ccc(S(=O)(=O)N4CCOCC4)cc3)cc2s1. The number of morpholine rings is 1. The molecule has 0 amide bonds. The molecule has 0 bridgehead atoms. The predicted octanol–water partition coefficient (Wildman–Crippen LogP) is 2.43. The highest BCUT2D eigenvalue weighted by atomic mass is 32.2. The highest BCUT2D eigenvalue weighted by Gasteiger charge is 2.26. The van der Waals surface area contributed by atoms with Crippen LogP contribution in [0.25, 0.3) is 10.2 Å². The molecule has 1 aromatic heterocycles. The van der Waals surface area contributed by atoms with E-state index in [4.69, 9.17) is 4.74 Å². The molecular formula is C18H19N3O5S3. The van der Waals surface area contributed by atoms with Crippen LogP contribution < -0.4 is 4.72 Å². The Labute approximate surface area is 173 Å². The third-order valence-corrected chi connectivity index (χ3v) is 8.73. The Morgan fingerprint density at radius 2 is 1.66 bits per heavy atom. The molecule has 29 heavy (non-hydrogen) atoms. The number of nitrogens with zero attached hydrogens (tertiary/aromatic N) is 2. The molecule has 0 unspecified atom stereocenters. The monoisotopic (exact) mass is 453 g/mol. The minimum Gasteiger partial charge on any atom is -0.379 e. The lowest BCUT2D eigenvalue weighted by atomic mass is 10.3. The van der Waals surface area contributed by atoms with E-state index in [-0.39, 0.29) is 22.9 Å². The van der Waals surface area contributed by atoms with Crippen molar-refractivity contribution in [2.45, 2.75) is 16.7 Å². The van der Waals surface area contributed by atoms with Gasteiger partial charge in [-0.3, -0.25) is 4.72 Å². The molecule has 1 N–H and O–H groups in total. The van der Waals surface area contributed by atoms with Crippen LogP contribution in [0.4, 0.5) is 5.69 Å². The van der Waals surface area contributed by atoms with Gasteiger partial charge in [0.1, 0.15) is 0 Å². The number of aromatic nitrogens is 1. The lowest BCUT2D eigenvalue weighted by molar-refractivity contribution is 0.0730. The number of ether oxygens (including phenoxy) is 1. The summed E-state index contributed by atoms with van der Waals surface area (Å²) in [5.74, 6) is 0. The lowest BCUT2D eigenvalue weighted by Gasteiger charge is -2.26. The first kappa shape index (κ1) is 20.2. The van der Waals surface area contributed by atoms with Crippen molar-refractivity contribution in [2.24, 2.45) is 0 Å². The number of thiazole rings is 1. The van der Waals surface area contributed by atoms with Gasteiger partial charge in [0.25, 0.3) is 10.0 Å². The van der Waals surface area contributed by atoms with Crippen molar-refractivity contribution in [3.63, 3.8) is 0 Å². The second kappa shape index (κ2) is 7.65. The zero-order valence-corrected chi connectivity index (χ0v) is 18.0. The zero-order valence-electron chi connectivity index (χ0n) is 15.5. The summed E-state index contributed by atoms with van der Waals surface area (Å²) in [6.45, 7) is 3.15. The van der Waals surface area contributed by atoms with E-state index in [0.717, 1.165) is 15.2 Å². The van der Waals surface area contributed by atoms with Gasteiger partial charge >= 0.3 is 0 Å². The standard InChI is InChI=1S/C18H19N3O5S3/c1-13-19-17-7-2-14(12-18(17)27-13)20-28(22,23)15-3-5-16(6-4-15)29(24,25)21-8-10-26-11-9-21/h2-7,12,20H,8-11H2,1H3. The fourth-order valence-electron chi connectivity index (χ4n) is 3.04. The van der Waals surface area contributed by atoms with Crippen LogP contribution in [0.5, 0.6) is 0 Å². The van der Waals surface area contributed by atoms with Crippen molar-refractivity contribution in [2.75, 3.05) is 31.0 Å². The molecule has 0 saturated carbocycles. The first-order chi connectivity index (χ1) is 13.8. The Balaban J connectivity index is 1.56. The van der Waals surface area contributed by atoms with Crippen molar-refractivity contribution in [3.8, 4) is 0 Å². The van der Waals surface area contributed by atoms with E-state index in [9.17, 15) is 16.8 Å². The fourth-order valence-corrected chi connectivity index (χ4v) is 6.37. The summed E-state index contributed by atoms with van der Waals surface area (Å²) in [7, 11) is -7.53. The molecule has 1 aliphatic rings. The van der Waals surface area contributed by atoms with Crippen molar-refractivity contribution in [1.29, 1.82) is 0 Å². The molecular weight excluding hydrogens is 434 g/mol. The van der Waals surface area contributed by atoms with Crippen LogP contribution in [0.1, 0.15) is 5.01 Å². The molecule has 1 fully saturated rings. The van der Waals surface area contributed by atoms with Gasteiger partial charge in [-0.2, -0.15) is 4.31 Å². The van der Waals surface area contributed by atoms with E-state index < -0.39 is 20.0 Å². The second-order valence-corrected chi connectivity index (χ2v) is 11.4. The highest BCUT2D eigenvalue weighted by molar-refractivity contribution is 7.92.